The highest BCUT2D eigenvalue weighted by Crippen LogP contribution is 2.23. The van der Waals surface area contributed by atoms with Crippen LogP contribution in [-0.4, -0.2) is 35.2 Å². The fourth-order valence-corrected chi connectivity index (χ4v) is 3.10. The third-order valence-electron chi connectivity index (χ3n) is 4.22. The quantitative estimate of drug-likeness (QED) is 0.479. The van der Waals surface area contributed by atoms with Crippen LogP contribution in [0.3, 0.4) is 0 Å². The van der Waals surface area contributed by atoms with Gasteiger partial charge in [0.15, 0.2) is 5.82 Å². The zero-order chi connectivity index (χ0) is 20.4. The number of aliphatic hydroxyl groups excluding tert-OH is 1. The van der Waals surface area contributed by atoms with Gasteiger partial charge in [-0.2, -0.15) is 15.2 Å². The van der Waals surface area contributed by atoms with Crippen molar-refractivity contribution < 1.29 is 9.63 Å². The number of aromatic amines is 1. The third-order valence-corrected chi connectivity index (χ3v) is 4.84. The van der Waals surface area contributed by atoms with Crippen molar-refractivity contribution in [2.75, 3.05) is 0 Å². The summed E-state index contributed by atoms with van der Waals surface area (Å²) in [6, 6.07) is 6.83. The Bertz CT molecular complexity index is 1170. The van der Waals surface area contributed by atoms with E-state index in [-0.39, 0.29) is 23.9 Å². The number of hydrogen-bond donors (Lipinski definition) is 2. The summed E-state index contributed by atoms with van der Waals surface area (Å²) in [5.74, 6) is 0.474. The summed E-state index contributed by atoms with van der Waals surface area (Å²) in [4.78, 5) is 16.7. The van der Waals surface area contributed by atoms with Crippen LogP contribution in [0, 0.1) is 0 Å². The average molecular weight is 433 g/mol. The number of H-pyrrole nitrogens is 1. The maximum atomic E-state index is 12.5. The lowest BCUT2D eigenvalue weighted by molar-refractivity contribution is 0.174. The monoisotopic (exact) mass is 432 g/mol. The number of rotatable bonds is 6. The van der Waals surface area contributed by atoms with Gasteiger partial charge in [-0.05, 0) is 17.7 Å². The van der Waals surface area contributed by atoms with Gasteiger partial charge in [0.2, 0.25) is 5.89 Å². The van der Waals surface area contributed by atoms with E-state index in [9.17, 15) is 9.90 Å². The van der Waals surface area contributed by atoms with Crippen molar-refractivity contribution in [2.24, 2.45) is 0 Å². The Balaban J connectivity index is 1.48. The van der Waals surface area contributed by atoms with E-state index in [2.05, 4.69) is 25.4 Å². The van der Waals surface area contributed by atoms with Gasteiger partial charge < -0.3 is 9.63 Å². The molecule has 29 heavy (non-hydrogen) atoms. The molecule has 148 valence electrons. The Morgan fingerprint density at radius 3 is 2.72 bits per heavy atom. The summed E-state index contributed by atoms with van der Waals surface area (Å²) in [5, 5.41) is 25.3. The number of hydrogen-bond acceptors (Lipinski definition) is 7. The van der Waals surface area contributed by atoms with E-state index >= 15 is 0 Å². The molecule has 3 aromatic heterocycles. The zero-order valence-electron chi connectivity index (χ0n) is 14.8. The van der Waals surface area contributed by atoms with E-state index in [0.717, 1.165) is 4.68 Å². The fourth-order valence-electron chi connectivity index (χ4n) is 2.72. The number of aromatic nitrogens is 6. The molecule has 0 saturated heterocycles. The van der Waals surface area contributed by atoms with Crippen molar-refractivity contribution in [1.82, 2.24) is 30.1 Å². The van der Waals surface area contributed by atoms with Gasteiger partial charge in [-0.15, -0.1) is 0 Å². The molecule has 1 aromatic carbocycles. The SMILES string of the molecule is O=c1c(Cl)c(-c2cn[nH]c2)cnn1Cc1nc(CC(O)c2ccc(Cl)cc2)no1. The first kappa shape index (κ1) is 19.3. The van der Waals surface area contributed by atoms with Gasteiger partial charge in [0, 0.05) is 28.8 Å². The molecule has 0 radical (unpaired) electrons. The Kier molecular flexibility index (Phi) is 5.43. The predicted molar refractivity (Wildman–Crippen MR) is 105 cm³/mol. The normalized spacial score (nSPS) is 12.2. The van der Waals surface area contributed by atoms with Crippen LogP contribution >= 0.6 is 23.2 Å². The van der Waals surface area contributed by atoms with E-state index in [1.165, 1.54) is 6.20 Å². The van der Waals surface area contributed by atoms with E-state index in [0.29, 0.717) is 27.5 Å². The summed E-state index contributed by atoms with van der Waals surface area (Å²) in [5.41, 5.74) is 1.31. The summed E-state index contributed by atoms with van der Waals surface area (Å²) >= 11 is 12.0. The lowest BCUT2D eigenvalue weighted by Gasteiger charge is -2.08. The lowest BCUT2D eigenvalue weighted by Crippen LogP contribution is -2.24. The smallest absolute Gasteiger partial charge is 0.286 e. The highest BCUT2D eigenvalue weighted by Gasteiger charge is 2.17. The molecule has 0 amide bonds. The lowest BCUT2D eigenvalue weighted by atomic mass is 10.1. The number of nitrogens with zero attached hydrogens (tertiary/aromatic N) is 5. The molecule has 11 heteroatoms. The molecule has 9 nitrogen and oxygen atoms in total. The highest BCUT2D eigenvalue weighted by atomic mass is 35.5. The largest absolute Gasteiger partial charge is 0.388 e. The van der Waals surface area contributed by atoms with Gasteiger partial charge in [-0.25, -0.2) is 4.68 Å². The Hall–Kier alpha value is -3.01. The molecular weight excluding hydrogens is 419 g/mol. The standard InChI is InChI=1S/C18H14Cl2N6O3/c19-12-3-1-10(2-4-12)14(27)5-15-24-16(29-25-15)9-26-18(28)17(20)13(8-23-26)11-6-21-22-7-11/h1-4,6-8,14,27H,5,9H2,(H,21,22). The molecular formula is C18H14Cl2N6O3. The highest BCUT2D eigenvalue weighted by molar-refractivity contribution is 6.33. The van der Waals surface area contributed by atoms with Gasteiger partial charge in [-0.3, -0.25) is 9.89 Å². The second-order valence-electron chi connectivity index (χ2n) is 6.20. The summed E-state index contributed by atoms with van der Waals surface area (Å²) in [7, 11) is 0. The van der Waals surface area contributed by atoms with E-state index in [1.54, 1.807) is 36.7 Å². The van der Waals surface area contributed by atoms with Gasteiger partial charge >= 0.3 is 0 Å². The molecule has 4 rings (SSSR count). The number of halogens is 2. The van der Waals surface area contributed by atoms with Crippen LogP contribution in [-0.2, 0) is 13.0 Å². The molecule has 4 aromatic rings. The Labute approximate surface area is 173 Å². The molecule has 3 heterocycles. The number of benzene rings is 1. The van der Waals surface area contributed by atoms with Crippen molar-refractivity contribution in [3.63, 3.8) is 0 Å². The topological polar surface area (TPSA) is 123 Å². The molecule has 1 atom stereocenters. The van der Waals surface area contributed by atoms with E-state index < -0.39 is 11.7 Å². The molecule has 0 aliphatic rings. The molecule has 2 N–H and O–H groups in total. The van der Waals surface area contributed by atoms with Crippen LogP contribution in [0.25, 0.3) is 11.1 Å². The first-order chi connectivity index (χ1) is 14.0. The first-order valence-corrected chi connectivity index (χ1v) is 9.26. The summed E-state index contributed by atoms with van der Waals surface area (Å²) in [6.45, 7) is -0.0474. The molecule has 0 aliphatic heterocycles. The molecule has 0 saturated carbocycles. The second kappa shape index (κ2) is 8.16. The van der Waals surface area contributed by atoms with Gasteiger partial charge in [-0.1, -0.05) is 40.5 Å². The molecule has 0 fully saturated rings. The van der Waals surface area contributed by atoms with Crippen molar-refractivity contribution in [1.29, 1.82) is 0 Å². The molecule has 0 spiro atoms. The van der Waals surface area contributed by atoms with Crippen LogP contribution < -0.4 is 5.56 Å². The van der Waals surface area contributed by atoms with E-state index in [4.69, 9.17) is 27.7 Å². The minimum atomic E-state index is -0.817. The van der Waals surface area contributed by atoms with Crippen LogP contribution in [0.15, 0.2) is 52.2 Å². The Morgan fingerprint density at radius 1 is 1.21 bits per heavy atom. The third kappa shape index (κ3) is 4.21. The van der Waals surface area contributed by atoms with Crippen LogP contribution in [0.2, 0.25) is 10.0 Å². The van der Waals surface area contributed by atoms with Gasteiger partial charge in [0.1, 0.15) is 11.6 Å². The van der Waals surface area contributed by atoms with Gasteiger partial charge in [0.25, 0.3) is 5.56 Å². The van der Waals surface area contributed by atoms with Crippen molar-refractivity contribution in [3.05, 3.63) is 80.5 Å². The zero-order valence-corrected chi connectivity index (χ0v) is 16.3. The summed E-state index contributed by atoms with van der Waals surface area (Å²) in [6.07, 6.45) is 3.96. The van der Waals surface area contributed by atoms with Crippen molar-refractivity contribution in [3.8, 4) is 11.1 Å². The van der Waals surface area contributed by atoms with E-state index in [1.807, 2.05) is 0 Å². The minimum Gasteiger partial charge on any atom is -0.388 e. The molecule has 1 unspecified atom stereocenters. The van der Waals surface area contributed by atoms with Crippen LogP contribution in [0.4, 0.5) is 0 Å². The maximum absolute atomic E-state index is 12.5. The first-order valence-electron chi connectivity index (χ1n) is 8.51. The van der Waals surface area contributed by atoms with Crippen LogP contribution in [0.1, 0.15) is 23.4 Å². The summed E-state index contributed by atoms with van der Waals surface area (Å²) < 4.78 is 6.29. The van der Waals surface area contributed by atoms with Crippen molar-refractivity contribution in [2.45, 2.75) is 19.1 Å². The average Bonchev–Trinajstić information content (AvgIpc) is 3.38. The van der Waals surface area contributed by atoms with Gasteiger partial charge in [0.05, 0.1) is 18.5 Å². The number of nitrogens with one attached hydrogen (secondary N) is 1. The second-order valence-corrected chi connectivity index (χ2v) is 7.01. The predicted octanol–water partition coefficient (Wildman–Crippen LogP) is 2.65. The fraction of sp³-hybridized carbons (Fsp3) is 0.167. The Morgan fingerprint density at radius 2 is 2.00 bits per heavy atom. The van der Waals surface area contributed by atoms with Crippen LogP contribution in [0.5, 0.6) is 0 Å². The molecule has 0 aliphatic carbocycles. The minimum absolute atomic E-state index is 0.0132. The number of aliphatic hydroxyl groups is 1. The van der Waals surface area contributed by atoms with Crippen molar-refractivity contribution >= 4 is 23.2 Å². The maximum Gasteiger partial charge on any atom is 0.286 e. The molecule has 0 bridgehead atoms.